The van der Waals surface area contributed by atoms with Crippen LogP contribution >= 0.6 is 28.1 Å². The van der Waals surface area contributed by atoms with Gasteiger partial charge in [-0.3, -0.25) is 25.8 Å². The van der Waals surface area contributed by atoms with Crippen LogP contribution in [-0.4, -0.2) is 30.1 Å². The SMILES string of the molecule is CCCCOc1ccc(C(=O)NC(=S)NNC(=O)COc2ccccc2)cc1Br. The van der Waals surface area contributed by atoms with Gasteiger partial charge in [-0.2, -0.15) is 0 Å². The van der Waals surface area contributed by atoms with Crippen LogP contribution in [0.2, 0.25) is 0 Å². The minimum absolute atomic E-state index is 0.0394. The van der Waals surface area contributed by atoms with Gasteiger partial charge in [0.05, 0.1) is 11.1 Å². The fourth-order valence-electron chi connectivity index (χ4n) is 2.12. The van der Waals surface area contributed by atoms with E-state index in [4.69, 9.17) is 21.7 Å². The number of rotatable bonds is 8. The van der Waals surface area contributed by atoms with Crippen molar-refractivity contribution in [1.82, 2.24) is 16.2 Å². The van der Waals surface area contributed by atoms with Gasteiger partial charge in [-0.25, -0.2) is 0 Å². The van der Waals surface area contributed by atoms with Crippen LogP contribution in [0.4, 0.5) is 0 Å². The molecule has 2 aromatic carbocycles. The lowest BCUT2D eigenvalue weighted by Crippen LogP contribution is -2.49. The highest BCUT2D eigenvalue weighted by atomic mass is 79.9. The van der Waals surface area contributed by atoms with Gasteiger partial charge in [0.15, 0.2) is 11.7 Å². The van der Waals surface area contributed by atoms with Crippen LogP contribution in [0.3, 0.4) is 0 Å². The molecule has 0 aliphatic carbocycles. The molecule has 0 heterocycles. The lowest BCUT2D eigenvalue weighted by molar-refractivity contribution is -0.123. The summed E-state index contributed by atoms with van der Waals surface area (Å²) in [5.41, 5.74) is 5.21. The molecule has 0 fully saturated rings. The normalized spacial score (nSPS) is 10.0. The van der Waals surface area contributed by atoms with Gasteiger partial charge in [-0.15, -0.1) is 0 Å². The quantitative estimate of drug-likeness (QED) is 0.305. The number of carbonyl (C=O) groups is 2. The Hall–Kier alpha value is -2.65. The molecule has 7 nitrogen and oxygen atoms in total. The number of halogens is 1. The zero-order valence-corrected chi connectivity index (χ0v) is 18.3. The fourth-order valence-corrected chi connectivity index (χ4v) is 2.76. The van der Waals surface area contributed by atoms with Gasteiger partial charge in [0, 0.05) is 5.56 Å². The van der Waals surface area contributed by atoms with Crippen molar-refractivity contribution in [3.63, 3.8) is 0 Å². The number of hydrogen-bond acceptors (Lipinski definition) is 5. The van der Waals surface area contributed by atoms with Crippen molar-refractivity contribution >= 4 is 45.1 Å². The standard InChI is InChI=1S/C20H22BrN3O4S/c1-2-3-11-27-17-10-9-14(12-16(17)21)19(26)22-20(29)24-23-18(25)13-28-15-7-5-4-6-8-15/h4-10,12H,2-3,11,13H2,1H3,(H,23,25)(H2,22,24,26,29). The first kappa shape index (κ1) is 22.6. The average molecular weight is 480 g/mol. The zero-order chi connectivity index (χ0) is 21.1. The molecule has 0 saturated heterocycles. The molecular formula is C20H22BrN3O4S. The molecule has 0 bridgehead atoms. The number of para-hydroxylation sites is 1. The molecule has 2 rings (SSSR count). The second kappa shape index (κ2) is 12.0. The summed E-state index contributed by atoms with van der Waals surface area (Å²) >= 11 is 8.42. The summed E-state index contributed by atoms with van der Waals surface area (Å²) in [6, 6.07) is 13.9. The molecule has 0 unspecified atom stereocenters. The van der Waals surface area contributed by atoms with Crippen molar-refractivity contribution in [2.75, 3.05) is 13.2 Å². The second-order valence-corrected chi connectivity index (χ2v) is 7.17. The fraction of sp³-hybridized carbons (Fsp3) is 0.250. The van der Waals surface area contributed by atoms with Gasteiger partial charge in [0.1, 0.15) is 11.5 Å². The number of benzene rings is 2. The van der Waals surface area contributed by atoms with E-state index in [0.717, 1.165) is 12.8 Å². The highest BCUT2D eigenvalue weighted by Crippen LogP contribution is 2.26. The van der Waals surface area contributed by atoms with Crippen LogP contribution in [0, 0.1) is 0 Å². The van der Waals surface area contributed by atoms with Crippen molar-refractivity contribution in [1.29, 1.82) is 0 Å². The zero-order valence-electron chi connectivity index (χ0n) is 15.9. The van der Waals surface area contributed by atoms with Crippen molar-refractivity contribution in [2.24, 2.45) is 0 Å². The van der Waals surface area contributed by atoms with Crippen LogP contribution < -0.4 is 25.6 Å². The molecule has 0 saturated carbocycles. The molecule has 0 spiro atoms. The van der Waals surface area contributed by atoms with E-state index >= 15 is 0 Å². The van der Waals surface area contributed by atoms with Crippen molar-refractivity contribution in [3.8, 4) is 11.5 Å². The molecule has 29 heavy (non-hydrogen) atoms. The summed E-state index contributed by atoms with van der Waals surface area (Å²) in [6.45, 7) is 2.50. The average Bonchev–Trinajstić information content (AvgIpc) is 2.72. The molecule has 9 heteroatoms. The number of ether oxygens (including phenoxy) is 2. The number of hydrazine groups is 1. The van der Waals surface area contributed by atoms with Crippen LogP contribution in [0.15, 0.2) is 53.0 Å². The van der Waals surface area contributed by atoms with Crippen LogP contribution in [0.5, 0.6) is 11.5 Å². The number of amides is 2. The summed E-state index contributed by atoms with van der Waals surface area (Å²) in [6.07, 6.45) is 1.99. The Kier molecular flexibility index (Phi) is 9.39. The Labute approximate surface area is 183 Å². The number of nitrogens with one attached hydrogen (secondary N) is 3. The van der Waals surface area contributed by atoms with E-state index in [1.807, 2.05) is 6.07 Å². The molecule has 2 amide bonds. The Bertz CT molecular complexity index is 849. The minimum Gasteiger partial charge on any atom is -0.492 e. The highest BCUT2D eigenvalue weighted by molar-refractivity contribution is 9.10. The maximum Gasteiger partial charge on any atom is 0.276 e. The van der Waals surface area contributed by atoms with Crippen LogP contribution in [-0.2, 0) is 4.79 Å². The summed E-state index contributed by atoms with van der Waals surface area (Å²) in [5.74, 6) is 0.382. The van der Waals surface area contributed by atoms with Gasteiger partial charge in [0.2, 0.25) is 0 Å². The first-order valence-corrected chi connectivity index (χ1v) is 10.2. The van der Waals surface area contributed by atoms with E-state index in [1.165, 1.54) is 0 Å². The molecule has 0 aliphatic heterocycles. The van der Waals surface area contributed by atoms with Crippen LogP contribution in [0.25, 0.3) is 0 Å². The molecule has 3 N–H and O–H groups in total. The first-order valence-electron chi connectivity index (χ1n) is 9.00. The first-order chi connectivity index (χ1) is 14.0. The lowest BCUT2D eigenvalue weighted by Gasteiger charge is -2.12. The van der Waals surface area contributed by atoms with Gasteiger partial charge in [0.25, 0.3) is 11.8 Å². The highest BCUT2D eigenvalue weighted by Gasteiger charge is 2.11. The lowest BCUT2D eigenvalue weighted by atomic mass is 10.2. The largest absolute Gasteiger partial charge is 0.492 e. The van der Waals surface area contributed by atoms with Gasteiger partial charge in [-0.1, -0.05) is 31.5 Å². The third-order valence-corrected chi connectivity index (χ3v) is 4.43. The third kappa shape index (κ3) is 8.08. The van der Waals surface area contributed by atoms with E-state index in [9.17, 15) is 9.59 Å². The third-order valence-electron chi connectivity index (χ3n) is 3.61. The number of hydrogen-bond donors (Lipinski definition) is 3. The predicted octanol–water partition coefficient (Wildman–Crippen LogP) is 3.34. The summed E-state index contributed by atoms with van der Waals surface area (Å²) in [5, 5.41) is 2.45. The summed E-state index contributed by atoms with van der Waals surface area (Å²) in [7, 11) is 0. The monoisotopic (exact) mass is 479 g/mol. The van der Waals surface area contributed by atoms with Crippen molar-refractivity contribution < 1.29 is 19.1 Å². The van der Waals surface area contributed by atoms with E-state index in [1.54, 1.807) is 42.5 Å². The van der Waals surface area contributed by atoms with Gasteiger partial charge in [-0.05, 0) is 64.9 Å². The Morgan fingerprint density at radius 3 is 2.52 bits per heavy atom. The number of unbranched alkanes of at least 4 members (excludes halogenated alkanes) is 1. The van der Waals surface area contributed by atoms with Gasteiger partial charge >= 0.3 is 0 Å². The smallest absolute Gasteiger partial charge is 0.276 e. The number of thiocarbonyl (C=S) groups is 1. The number of carbonyl (C=O) groups excluding carboxylic acids is 2. The van der Waals surface area contributed by atoms with E-state index in [0.29, 0.717) is 28.1 Å². The van der Waals surface area contributed by atoms with Crippen molar-refractivity contribution in [2.45, 2.75) is 19.8 Å². The topological polar surface area (TPSA) is 88.7 Å². The van der Waals surface area contributed by atoms with E-state index in [2.05, 4.69) is 39.0 Å². The Morgan fingerprint density at radius 2 is 1.83 bits per heavy atom. The van der Waals surface area contributed by atoms with Crippen LogP contribution in [0.1, 0.15) is 30.1 Å². The molecule has 0 aliphatic rings. The summed E-state index contributed by atoms with van der Waals surface area (Å²) in [4.78, 5) is 24.1. The minimum atomic E-state index is -0.443. The maximum absolute atomic E-state index is 12.3. The molecule has 0 radical (unpaired) electrons. The maximum atomic E-state index is 12.3. The summed E-state index contributed by atoms with van der Waals surface area (Å²) < 4.78 is 11.6. The van der Waals surface area contributed by atoms with E-state index in [-0.39, 0.29) is 11.7 Å². The second-order valence-electron chi connectivity index (χ2n) is 5.91. The molecule has 2 aromatic rings. The van der Waals surface area contributed by atoms with Crippen molar-refractivity contribution in [3.05, 3.63) is 58.6 Å². The van der Waals surface area contributed by atoms with E-state index < -0.39 is 11.8 Å². The molecule has 0 aromatic heterocycles. The molecule has 154 valence electrons. The Balaban J connectivity index is 1.76. The predicted molar refractivity (Wildman–Crippen MR) is 118 cm³/mol. The molecular weight excluding hydrogens is 458 g/mol. The van der Waals surface area contributed by atoms with Gasteiger partial charge < -0.3 is 9.47 Å². The molecule has 0 atom stereocenters. The Morgan fingerprint density at radius 1 is 1.07 bits per heavy atom.